The Balaban J connectivity index is 1.92. The topological polar surface area (TPSA) is 42.2 Å². The minimum atomic E-state index is -0.00752. The molecule has 3 nitrogen and oxygen atoms in total. The lowest BCUT2D eigenvalue weighted by molar-refractivity contribution is 0.112. The number of rotatable bonds is 3. The van der Waals surface area contributed by atoms with Crippen molar-refractivity contribution in [1.82, 2.24) is 4.57 Å². The highest BCUT2D eigenvalue weighted by atomic mass is 16.3. The van der Waals surface area contributed by atoms with Crippen molar-refractivity contribution in [3.63, 3.8) is 0 Å². The molecule has 0 aliphatic carbocycles. The van der Waals surface area contributed by atoms with Crippen molar-refractivity contribution in [3.05, 3.63) is 96.6 Å². The zero-order valence-corrected chi connectivity index (χ0v) is 15.0. The normalized spacial score (nSPS) is 11.1. The number of carbonyl (C=O) groups excluding carboxylic acids is 1. The van der Waals surface area contributed by atoms with Crippen LogP contribution in [0.15, 0.2) is 91.0 Å². The van der Waals surface area contributed by atoms with Gasteiger partial charge in [0.1, 0.15) is 5.75 Å². The lowest BCUT2D eigenvalue weighted by Gasteiger charge is -2.12. The number of para-hydroxylation sites is 3. The van der Waals surface area contributed by atoms with Gasteiger partial charge in [0.15, 0.2) is 6.29 Å². The maximum absolute atomic E-state index is 11.1. The number of phenols is 1. The zero-order valence-electron chi connectivity index (χ0n) is 15.0. The van der Waals surface area contributed by atoms with Crippen molar-refractivity contribution in [2.45, 2.75) is 0 Å². The van der Waals surface area contributed by atoms with Crippen LogP contribution >= 0.6 is 0 Å². The molecule has 5 aromatic rings. The molecule has 0 fully saturated rings. The quantitative estimate of drug-likeness (QED) is 0.401. The minimum Gasteiger partial charge on any atom is -0.507 e. The Morgan fingerprint density at radius 3 is 2.29 bits per heavy atom. The Labute approximate surface area is 162 Å². The summed E-state index contributed by atoms with van der Waals surface area (Å²) in [7, 11) is 0. The second-order valence-electron chi connectivity index (χ2n) is 6.78. The number of aldehydes is 1. The van der Waals surface area contributed by atoms with E-state index in [0.29, 0.717) is 11.8 Å². The molecule has 28 heavy (non-hydrogen) atoms. The maximum Gasteiger partial charge on any atom is 0.153 e. The van der Waals surface area contributed by atoms with E-state index < -0.39 is 0 Å². The molecule has 0 saturated carbocycles. The average molecular weight is 363 g/mol. The molecule has 0 radical (unpaired) electrons. The highest BCUT2D eigenvalue weighted by Crippen LogP contribution is 2.38. The largest absolute Gasteiger partial charge is 0.507 e. The Bertz CT molecular complexity index is 1330. The monoisotopic (exact) mass is 363 g/mol. The van der Waals surface area contributed by atoms with Crippen molar-refractivity contribution in [1.29, 1.82) is 0 Å². The minimum absolute atomic E-state index is 0.00752. The number of fused-ring (bicyclic) bond motifs is 3. The SMILES string of the molecule is O=Cc1ccc(-c2cccc3c4ccccc4n(-c4ccccc4)c23)cc1O. The first-order valence-corrected chi connectivity index (χ1v) is 9.14. The van der Waals surface area contributed by atoms with E-state index >= 15 is 0 Å². The number of benzene rings is 4. The molecule has 134 valence electrons. The summed E-state index contributed by atoms with van der Waals surface area (Å²) in [6.45, 7) is 0. The summed E-state index contributed by atoms with van der Waals surface area (Å²) in [4.78, 5) is 11.1. The van der Waals surface area contributed by atoms with Gasteiger partial charge in [-0.1, -0.05) is 60.7 Å². The van der Waals surface area contributed by atoms with Crippen molar-refractivity contribution < 1.29 is 9.90 Å². The van der Waals surface area contributed by atoms with E-state index in [0.717, 1.165) is 33.2 Å². The second kappa shape index (κ2) is 6.39. The van der Waals surface area contributed by atoms with E-state index in [1.807, 2.05) is 36.4 Å². The number of phenolic OH excluding ortho intramolecular Hbond substituents is 1. The summed E-state index contributed by atoms with van der Waals surface area (Å²) < 4.78 is 2.25. The molecule has 1 heterocycles. The van der Waals surface area contributed by atoms with Crippen LogP contribution in [0.1, 0.15) is 10.4 Å². The van der Waals surface area contributed by atoms with Crippen molar-refractivity contribution in [3.8, 4) is 22.6 Å². The van der Waals surface area contributed by atoms with E-state index in [-0.39, 0.29) is 5.75 Å². The van der Waals surface area contributed by atoms with Crippen LogP contribution in [0.4, 0.5) is 0 Å². The van der Waals surface area contributed by atoms with E-state index in [1.165, 1.54) is 5.39 Å². The molecule has 0 spiro atoms. The van der Waals surface area contributed by atoms with Gasteiger partial charge in [-0.3, -0.25) is 4.79 Å². The molecule has 3 heteroatoms. The number of nitrogens with zero attached hydrogens (tertiary/aromatic N) is 1. The maximum atomic E-state index is 11.1. The van der Waals surface area contributed by atoms with Crippen molar-refractivity contribution in [2.75, 3.05) is 0 Å². The molecular weight excluding hydrogens is 346 g/mol. The molecule has 1 N–H and O–H groups in total. The van der Waals surface area contributed by atoms with E-state index in [1.54, 1.807) is 12.1 Å². The summed E-state index contributed by atoms with van der Waals surface area (Å²) in [5, 5.41) is 12.5. The van der Waals surface area contributed by atoms with Gasteiger partial charge in [0.25, 0.3) is 0 Å². The van der Waals surface area contributed by atoms with Gasteiger partial charge in [-0.2, -0.15) is 0 Å². The highest BCUT2D eigenvalue weighted by molar-refractivity contribution is 6.13. The Kier molecular flexibility index (Phi) is 3.73. The third-order valence-corrected chi connectivity index (χ3v) is 5.18. The number of carbonyl (C=O) groups is 1. The number of aromatic hydroxyl groups is 1. The summed E-state index contributed by atoms with van der Waals surface area (Å²) in [6.07, 6.45) is 0.667. The smallest absolute Gasteiger partial charge is 0.153 e. The van der Waals surface area contributed by atoms with Crippen LogP contribution in [0, 0.1) is 0 Å². The summed E-state index contributed by atoms with van der Waals surface area (Å²) in [5.74, 6) is -0.00752. The first kappa shape index (κ1) is 16.3. The van der Waals surface area contributed by atoms with Gasteiger partial charge in [0.05, 0.1) is 16.6 Å². The van der Waals surface area contributed by atoms with Gasteiger partial charge in [0.2, 0.25) is 0 Å². The molecule has 0 unspecified atom stereocenters. The Morgan fingerprint density at radius 1 is 0.750 bits per heavy atom. The Hall–Kier alpha value is -3.85. The predicted octanol–water partition coefficient (Wildman–Crippen LogP) is 5.97. The third kappa shape index (κ3) is 2.41. The number of aromatic nitrogens is 1. The predicted molar refractivity (Wildman–Crippen MR) is 113 cm³/mol. The molecular formula is C25H17NO2. The van der Waals surface area contributed by atoms with Crippen molar-refractivity contribution in [2.24, 2.45) is 0 Å². The molecule has 0 aliphatic rings. The fourth-order valence-electron chi connectivity index (χ4n) is 3.91. The van der Waals surface area contributed by atoms with Crippen LogP contribution in [-0.2, 0) is 0 Å². The second-order valence-corrected chi connectivity index (χ2v) is 6.78. The molecule has 0 saturated heterocycles. The van der Waals surface area contributed by atoms with E-state index in [4.69, 9.17) is 0 Å². The number of hydrogen-bond donors (Lipinski definition) is 1. The first-order valence-electron chi connectivity index (χ1n) is 9.14. The van der Waals surface area contributed by atoms with Crippen LogP contribution in [-0.4, -0.2) is 16.0 Å². The Morgan fingerprint density at radius 2 is 1.50 bits per heavy atom. The first-order chi connectivity index (χ1) is 13.8. The third-order valence-electron chi connectivity index (χ3n) is 5.18. The fourth-order valence-corrected chi connectivity index (χ4v) is 3.91. The van der Waals surface area contributed by atoms with Gasteiger partial charge in [-0.25, -0.2) is 0 Å². The average Bonchev–Trinajstić information content (AvgIpc) is 3.09. The number of hydrogen-bond acceptors (Lipinski definition) is 2. The molecule has 0 amide bonds. The summed E-state index contributed by atoms with van der Waals surface area (Å²) >= 11 is 0. The summed E-state index contributed by atoms with van der Waals surface area (Å²) in [6, 6.07) is 30.0. The molecule has 0 bridgehead atoms. The molecule has 0 atom stereocenters. The standard InChI is InChI=1S/C25H17NO2/c27-16-18-14-13-17(15-24(18)28)20-10-6-11-22-21-9-4-5-12-23(21)26(25(20)22)19-7-2-1-3-8-19/h1-16,28H. The molecule has 5 rings (SSSR count). The van der Waals surface area contributed by atoms with E-state index in [9.17, 15) is 9.90 Å². The van der Waals surface area contributed by atoms with Gasteiger partial charge < -0.3 is 9.67 Å². The van der Waals surface area contributed by atoms with Crippen LogP contribution in [0.3, 0.4) is 0 Å². The van der Waals surface area contributed by atoms with Crippen LogP contribution in [0.5, 0.6) is 5.75 Å². The fraction of sp³-hybridized carbons (Fsp3) is 0. The highest BCUT2D eigenvalue weighted by Gasteiger charge is 2.16. The van der Waals surface area contributed by atoms with Crippen molar-refractivity contribution >= 4 is 28.1 Å². The van der Waals surface area contributed by atoms with Gasteiger partial charge in [0, 0.05) is 22.0 Å². The zero-order chi connectivity index (χ0) is 19.1. The van der Waals surface area contributed by atoms with Crippen LogP contribution in [0.25, 0.3) is 38.6 Å². The van der Waals surface area contributed by atoms with Crippen LogP contribution in [0.2, 0.25) is 0 Å². The molecule has 1 aromatic heterocycles. The lowest BCUT2D eigenvalue weighted by atomic mass is 10.0. The van der Waals surface area contributed by atoms with E-state index in [2.05, 4.69) is 47.0 Å². The molecule has 4 aromatic carbocycles. The van der Waals surface area contributed by atoms with Gasteiger partial charge >= 0.3 is 0 Å². The van der Waals surface area contributed by atoms with Gasteiger partial charge in [-0.15, -0.1) is 0 Å². The summed E-state index contributed by atoms with van der Waals surface area (Å²) in [5.41, 5.74) is 5.45. The lowest BCUT2D eigenvalue weighted by Crippen LogP contribution is -1.95. The van der Waals surface area contributed by atoms with Gasteiger partial charge in [-0.05, 0) is 35.9 Å². The van der Waals surface area contributed by atoms with Crippen LogP contribution < -0.4 is 0 Å². The molecule has 0 aliphatic heterocycles.